The molecule has 9 nitrogen and oxygen atoms in total. The number of esters is 1. The highest BCUT2D eigenvalue weighted by Gasteiger charge is 2.06. The number of benzene rings is 1. The van der Waals surface area contributed by atoms with E-state index in [4.69, 9.17) is 23.1 Å². The van der Waals surface area contributed by atoms with Gasteiger partial charge in [0.2, 0.25) is 0 Å². The highest BCUT2D eigenvalue weighted by molar-refractivity contribution is 7.85. The van der Waals surface area contributed by atoms with E-state index in [-0.39, 0.29) is 13.2 Å². The Balaban J connectivity index is 2.18. The smallest absolute Gasteiger partial charge is 0.331 e. The van der Waals surface area contributed by atoms with Gasteiger partial charge in [0.15, 0.2) is 0 Å². The van der Waals surface area contributed by atoms with Gasteiger partial charge < -0.3 is 23.7 Å². The lowest BCUT2D eigenvalue weighted by Crippen LogP contribution is -2.15. The quantitative estimate of drug-likeness (QED) is 0.216. The first kappa shape index (κ1) is 25.3. The zero-order chi connectivity index (χ0) is 21.5. The highest BCUT2D eigenvalue weighted by Crippen LogP contribution is 2.19. The third-order valence-electron chi connectivity index (χ3n) is 3.56. The first-order valence-electron chi connectivity index (χ1n) is 9.24. The summed E-state index contributed by atoms with van der Waals surface area (Å²) in [6, 6.07) is 5.55. The fraction of sp³-hybridized carbons (Fsp3) is 0.632. The number of hydrogen-bond acceptors (Lipinski definition) is 9. The summed E-state index contributed by atoms with van der Waals surface area (Å²) < 4.78 is 53.0. The van der Waals surface area contributed by atoms with Gasteiger partial charge in [-0.1, -0.05) is 13.0 Å². The fourth-order valence-electron chi connectivity index (χ4n) is 2.15. The maximum Gasteiger partial charge on any atom is 0.331 e. The molecule has 1 aromatic rings. The summed E-state index contributed by atoms with van der Waals surface area (Å²) >= 11 is 0. The van der Waals surface area contributed by atoms with Crippen molar-refractivity contribution in [1.29, 1.82) is 0 Å². The monoisotopic (exact) mass is 434 g/mol. The van der Waals surface area contributed by atoms with Gasteiger partial charge in [-0.2, -0.15) is 8.42 Å². The van der Waals surface area contributed by atoms with Crippen LogP contribution in [-0.2, 0) is 51.1 Å². The number of rotatable bonds is 16. The molecule has 0 heterocycles. The molecule has 0 bridgehead atoms. The van der Waals surface area contributed by atoms with Crippen molar-refractivity contribution >= 4 is 16.1 Å². The predicted octanol–water partition coefficient (Wildman–Crippen LogP) is 1.33. The summed E-state index contributed by atoms with van der Waals surface area (Å²) in [7, 11) is -2.20. The van der Waals surface area contributed by atoms with Crippen molar-refractivity contribution in [3.8, 4) is 5.75 Å². The second kappa shape index (κ2) is 14.3. The third kappa shape index (κ3) is 13.2. The van der Waals surface area contributed by atoms with E-state index < -0.39 is 16.1 Å². The zero-order valence-electron chi connectivity index (χ0n) is 17.2. The van der Waals surface area contributed by atoms with E-state index in [9.17, 15) is 13.2 Å². The van der Waals surface area contributed by atoms with Gasteiger partial charge in [-0.3, -0.25) is 4.18 Å². The molecule has 0 atom stereocenters. The lowest BCUT2D eigenvalue weighted by Gasteiger charge is -2.11. The number of aryl methyl sites for hydroxylation is 1. The summed E-state index contributed by atoms with van der Waals surface area (Å²) in [5, 5.41) is 0. The van der Waals surface area contributed by atoms with Crippen molar-refractivity contribution in [3.63, 3.8) is 0 Å². The molecule has 0 saturated heterocycles. The van der Waals surface area contributed by atoms with Gasteiger partial charge in [-0.25, -0.2) is 4.79 Å². The average Bonchev–Trinajstić information content (AvgIpc) is 2.69. The van der Waals surface area contributed by atoms with Crippen LogP contribution in [0.3, 0.4) is 0 Å². The summed E-state index contributed by atoms with van der Waals surface area (Å²) in [5.41, 5.74) is 1.76. The van der Waals surface area contributed by atoms with E-state index in [1.807, 2.05) is 19.1 Å². The minimum atomic E-state index is -3.50. The molecule has 0 saturated carbocycles. The molecule has 0 aromatic heterocycles. The lowest BCUT2D eigenvalue weighted by molar-refractivity contribution is -0.146. The van der Waals surface area contributed by atoms with Crippen molar-refractivity contribution in [3.05, 3.63) is 29.3 Å². The largest absolute Gasteiger partial charge is 0.491 e. The Labute approximate surface area is 172 Å². The number of methoxy groups -OCH3 is 1. The van der Waals surface area contributed by atoms with Crippen LogP contribution in [0.2, 0.25) is 0 Å². The molecule has 0 unspecified atom stereocenters. The van der Waals surface area contributed by atoms with Crippen LogP contribution in [0.5, 0.6) is 5.75 Å². The Morgan fingerprint density at radius 2 is 1.48 bits per heavy atom. The Bertz CT molecular complexity index is 704. The maximum absolute atomic E-state index is 11.1. The van der Waals surface area contributed by atoms with E-state index in [2.05, 4.69) is 4.74 Å². The molecule has 0 spiro atoms. The standard InChI is InChI=1S/C19H30O9S/c1-4-16-11-17(14-28-29(3,21)22)13-18(12-16)27-10-9-25-6-5-24-7-8-26-15-19(20)23-2/h11-13H,4-10,14-15H2,1-3H3. The van der Waals surface area contributed by atoms with E-state index in [1.165, 1.54) is 7.11 Å². The van der Waals surface area contributed by atoms with Gasteiger partial charge in [0.1, 0.15) is 19.0 Å². The lowest BCUT2D eigenvalue weighted by atomic mass is 10.1. The van der Waals surface area contributed by atoms with Crippen LogP contribution in [0, 0.1) is 0 Å². The van der Waals surface area contributed by atoms with Crippen molar-refractivity contribution in [1.82, 2.24) is 0 Å². The van der Waals surface area contributed by atoms with Crippen LogP contribution in [0.15, 0.2) is 18.2 Å². The SMILES string of the molecule is CCc1cc(COS(C)(=O)=O)cc(OCCOCCOCCOCC(=O)OC)c1. The van der Waals surface area contributed by atoms with E-state index in [0.717, 1.165) is 23.8 Å². The predicted molar refractivity (Wildman–Crippen MR) is 105 cm³/mol. The number of carbonyl (C=O) groups is 1. The zero-order valence-corrected chi connectivity index (χ0v) is 18.0. The van der Waals surface area contributed by atoms with Crippen LogP contribution < -0.4 is 4.74 Å². The first-order chi connectivity index (χ1) is 13.8. The molecule has 1 aromatic carbocycles. The fourth-order valence-corrected chi connectivity index (χ4v) is 2.50. The molecular weight excluding hydrogens is 404 g/mol. The maximum atomic E-state index is 11.1. The summed E-state index contributed by atoms with van der Waals surface area (Å²) in [5.74, 6) is 0.215. The van der Waals surface area contributed by atoms with Crippen LogP contribution in [-0.4, -0.2) is 74.0 Å². The number of hydrogen-bond donors (Lipinski definition) is 0. The van der Waals surface area contributed by atoms with Crippen LogP contribution >= 0.6 is 0 Å². The molecule has 166 valence electrons. The van der Waals surface area contributed by atoms with Gasteiger partial charge in [0.25, 0.3) is 10.1 Å². The molecule has 0 fully saturated rings. The first-order valence-corrected chi connectivity index (χ1v) is 11.1. The summed E-state index contributed by atoms with van der Waals surface area (Å²) in [6.45, 7) is 4.09. The Morgan fingerprint density at radius 3 is 2.07 bits per heavy atom. The van der Waals surface area contributed by atoms with Crippen LogP contribution in [0.4, 0.5) is 0 Å². The minimum absolute atomic E-state index is 0.0276. The molecule has 1 rings (SSSR count). The molecule has 0 aliphatic heterocycles. The Morgan fingerprint density at radius 1 is 0.897 bits per heavy atom. The second-order valence-electron chi connectivity index (χ2n) is 6.01. The minimum Gasteiger partial charge on any atom is -0.491 e. The highest BCUT2D eigenvalue weighted by atomic mass is 32.2. The molecule has 0 radical (unpaired) electrons. The summed E-state index contributed by atoms with van der Waals surface area (Å²) in [4.78, 5) is 10.8. The van der Waals surface area contributed by atoms with E-state index >= 15 is 0 Å². The van der Waals surface area contributed by atoms with Gasteiger partial charge in [0, 0.05) is 0 Å². The van der Waals surface area contributed by atoms with E-state index in [0.29, 0.717) is 45.4 Å². The number of ether oxygens (including phenoxy) is 5. The molecule has 0 aliphatic carbocycles. The molecule has 10 heteroatoms. The van der Waals surface area contributed by atoms with Gasteiger partial charge >= 0.3 is 5.97 Å². The number of carbonyl (C=O) groups excluding carboxylic acids is 1. The van der Waals surface area contributed by atoms with Crippen molar-refractivity contribution in [2.24, 2.45) is 0 Å². The van der Waals surface area contributed by atoms with Crippen molar-refractivity contribution in [2.75, 3.05) is 59.6 Å². The van der Waals surface area contributed by atoms with Gasteiger partial charge in [-0.15, -0.1) is 0 Å². The Hall–Kier alpha value is -1.72. The molecule has 29 heavy (non-hydrogen) atoms. The molecular formula is C19H30O9S. The van der Waals surface area contributed by atoms with Crippen LogP contribution in [0.1, 0.15) is 18.1 Å². The van der Waals surface area contributed by atoms with Crippen molar-refractivity contribution < 1.29 is 41.1 Å². The topological polar surface area (TPSA) is 107 Å². The average molecular weight is 435 g/mol. The molecule has 0 amide bonds. The molecule has 0 N–H and O–H groups in total. The Kier molecular flexibility index (Phi) is 12.5. The molecule has 0 aliphatic rings. The van der Waals surface area contributed by atoms with Crippen molar-refractivity contribution in [2.45, 2.75) is 20.0 Å². The normalized spacial score (nSPS) is 11.4. The third-order valence-corrected chi connectivity index (χ3v) is 4.11. The summed E-state index contributed by atoms with van der Waals surface area (Å²) in [6.07, 6.45) is 1.81. The van der Waals surface area contributed by atoms with Gasteiger partial charge in [0.05, 0.1) is 53.0 Å². The van der Waals surface area contributed by atoms with Gasteiger partial charge in [-0.05, 0) is 29.7 Å². The second-order valence-corrected chi connectivity index (χ2v) is 7.65. The van der Waals surface area contributed by atoms with E-state index in [1.54, 1.807) is 6.07 Å². The van der Waals surface area contributed by atoms with Crippen LogP contribution in [0.25, 0.3) is 0 Å².